The minimum absolute atomic E-state index is 0.0647. The fourth-order valence-corrected chi connectivity index (χ4v) is 4.34. The number of imidazole rings is 1. The van der Waals surface area contributed by atoms with Crippen molar-refractivity contribution in [2.24, 2.45) is 7.05 Å². The highest BCUT2D eigenvalue weighted by Gasteiger charge is 2.25. The van der Waals surface area contributed by atoms with Crippen LogP contribution in [0.5, 0.6) is 5.75 Å². The third-order valence-electron chi connectivity index (χ3n) is 5.92. The second-order valence-electron chi connectivity index (χ2n) is 7.89. The van der Waals surface area contributed by atoms with E-state index in [1.54, 1.807) is 25.3 Å². The molecule has 8 heteroatoms. The molecular weight excluding hydrogens is 428 g/mol. The number of fused-ring (bicyclic) bond motifs is 2. The van der Waals surface area contributed by atoms with Crippen molar-refractivity contribution in [3.63, 3.8) is 0 Å². The predicted molar refractivity (Wildman–Crippen MR) is 123 cm³/mol. The van der Waals surface area contributed by atoms with Gasteiger partial charge in [0.2, 0.25) is 5.91 Å². The SMILES string of the molecule is COc1ccc2c(c1)CN(C(=O)Cn1c(=O)n(C)c3cc(-c4cccc(Cl)c4)cnc31)C2. The van der Waals surface area contributed by atoms with E-state index in [1.807, 2.05) is 48.5 Å². The van der Waals surface area contributed by atoms with E-state index in [-0.39, 0.29) is 18.1 Å². The van der Waals surface area contributed by atoms with E-state index >= 15 is 0 Å². The van der Waals surface area contributed by atoms with Crippen molar-refractivity contribution in [2.45, 2.75) is 19.6 Å². The lowest BCUT2D eigenvalue weighted by Crippen LogP contribution is -2.33. The molecule has 0 saturated heterocycles. The van der Waals surface area contributed by atoms with Crippen LogP contribution in [-0.2, 0) is 31.5 Å². The van der Waals surface area contributed by atoms with Gasteiger partial charge < -0.3 is 9.64 Å². The number of aromatic nitrogens is 3. The van der Waals surface area contributed by atoms with Crippen LogP contribution in [0.1, 0.15) is 11.1 Å². The van der Waals surface area contributed by atoms with Gasteiger partial charge in [0, 0.05) is 36.9 Å². The Morgan fingerprint density at radius 2 is 1.91 bits per heavy atom. The molecule has 0 spiro atoms. The first-order valence-corrected chi connectivity index (χ1v) is 10.6. The lowest BCUT2D eigenvalue weighted by atomic mass is 10.1. The average molecular weight is 449 g/mol. The van der Waals surface area contributed by atoms with Crippen molar-refractivity contribution in [1.29, 1.82) is 0 Å². The third-order valence-corrected chi connectivity index (χ3v) is 6.16. The molecule has 3 heterocycles. The molecule has 0 N–H and O–H groups in total. The smallest absolute Gasteiger partial charge is 0.330 e. The number of carbonyl (C=O) groups is 1. The number of aryl methyl sites for hydroxylation is 1. The molecule has 0 radical (unpaired) electrons. The lowest BCUT2D eigenvalue weighted by Gasteiger charge is -2.15. The van der Waals surface area contributed by atoms with Gasteiger partial charge in [-0.1, -0.05) is 29.8 Å². The number of rotatable bonds is 4. The molecule has 1 aliphatic rings. The quantitative estimate of drug-likeness (QED) is 0.478. The number of benzene rings is 2. The number of pyridine rings is 1. The summed E-state index contributed by atoms with van der Waals surface area (Å²) in [5, 5.41) is 0.629. The summed E-state index contributed by atoms with van der Waals surface area (Å²) in [7, 11) is 3.31. The van der Waals surface area contributed by atoms with Gasteiger partial charge in [-0.05, 0) is 47.0 Å². The summed E-state index contributed by atoms with van der Waals surface area (Å²) >= 11 is 6.11. The minimum Gasteiger partial charge on any atom is -0.497 e. The molecule has 0 bridgehead atoms. The number of carbonyl (C=O) groups excluding carboxylic acids is 1. The molecule has 0 fully saturated rings. The highest BCUT2D eigenvalue weighted by atomic mass is 35.5. The van der Waals surface area contributed by atoms with Gasteiger partial charge in [0.15, 0.2) is 5.65 Å². The molecule has 0 atom stereocenters. The van der Waals surface area contributed by atoms with Crippen molar-refractivity contribution in [2.75, 3.05) is 7.11 Å². The van der Waals surface area contributed by atoms with Crippen LogP contribution in [0.15, 0.2) is 59.5 Å². The number of halogens is 1. The average Bonchev–Trinajstić information content (AvgIpc) is 3.33. The summed E-state index contributed by atoms with van der Waals surface area (Å²) in [6.07, 6.45) is 1.70. The number of methoxy groups -OCH3 is 1. The predicted octanol–water partition coefficient (Wildman–Crippen LogP) is 3.61. The summed E-state index contributed by atoms with van der Waals surface area (Å²) < 4.78 is 8.23. The zero-order valence-corrected chi connectivity index (χ0v) is 18.5. The van der Waals surface area contributed by atoms with Crippen LogP contribution in [0.3, 0.4) is 0 Å². The summed E-state index contributed by atoms with van der Waals surface area (Å²) in [6, 6.07) is 15.2. The van der Waals surface area contributed by atoms with Crippen molar-refractivity contribution >= 4 is 28.7 Å². The first kappa shape index (κ1) is 20.3. The molecule has 162 valence electrons. The number of amides is 1. The maximum absolute atomic E-state index is 13.1. The summed E-state index contributed by atoms with van der Waals surface area (Å²) in [5.74, 6) is 0.638. The first-order valence-electron chi connectivity index (χ1n) is 10.2. The minimum atomic E-state index is -0.275. The van der Waals surface area contributed by atoms with Crippen LogP contribution in [0, 0.1) is 0 Å². The highest BCUT2D eigenvalue weighted by molar-refractivity contribution is 6.30. The van der Waals surface area contributed by atoms with Crippen LogP contribution >= 0.6 is 11.6 Å². The number of hydrogen-bond acceptors (Lipinski definition) is 4. The van der Waals surface area contributed by atoms with Crippen LogP contribution in [0.4, 0.5) is 0 Å². The largest absolute Gasteiger partial charge is 0.497 e. The molecular formula is C24H21ClN4O3. The van der Waals surface area contributed by atoms with Gasteiger partial charge >= 0.3 is 5.69 Å². The van der Waals surface area contributed by atoms with Crippen LogP contribution in [0.25, 0.3) is 22.3 Å². The van der Waals surface area contributed by atoms with Gasteiger partial charge in [0.25, 0.3) is 0 Å². The van der Waals surface area contributed by atoms with Crippen LogP contribution < -0.4 is 10.4 Å². The fourth-order valence-electron chi connectivity index (χ4n) is 4.15. The maximum atomic E-state index is 13.1. The van der Waals surface area contributed by atoms with E-state index in [2.05, 4.69) is 4.98 Å². The molecule has 7 nitrogen and oxygen atoms in total. The standard InChI is InChI=1S/C24H21ClN4O3/c1-27-21-10-17(15-4-3-5-19(25)8-15)11-26-23(21)29(24(27)31)14-22(30)28-12-16-6-7-20(32-2)9-18(16)13-28/h3-11H,12-14H2,1-2H3. The molecule has 1 aliphatic heterocycles. The van der Waals surface area contributed by atoms with Gasteiger partial charge in [-0.25, -0.2) is 9.78 Å². The molecule has 0 unspecified atom stereocenters. The number of hydrogen-bond donors (Lipinski definition) is 0. The molecule has 2 aromatic carbocycles. The van der Waals surface area contributed by atoms with E-state index in [1.165, 1.54) is 9.13 Å². The zero-order valence-electron chi connectivity index (χ0n) is 17.7. The van der Waals surface area contributed by atoms with E-state index in [9.17, 15) is 9.59 Å². The van der Waals surface area contributed by atoms with Crippen LogP contribution in [0.2, 0.25) is 5.02 Å². The third kappa shape index (κ3) is 3.44. The topological polar surface area (TPSA) is 69.4 Å². The maximum Gasteiger partial charge on any atom is 0.330 e. The van der Waals surface area contributed by atoms with Crippen molar-refractivity contribution in [3.05, 3.63) is 81.4 Å². The Labute approximate surface area is 189 Å². The molecule has 5 rings (SSSR count). The fraction of sp³-hybridized carbons (Fsp3) is 0.208. The van der Waals surface area contributed by atoms with E-state index < -0.39 is 0 Å². The molecule has 2 aromatic heterocycles. The molecule has 1 amide bonds. The summed E-state index contributed by atoms with van der Waals surface area (Å²) in [5.41, 5.74) is 4.78. The normalized spacial score (nSPS) is 12.9. The molecule has 32 heavy (non-hydrogen) atoms. The summed E-state index contributed by atoms with van der Waals surface area (Å²) in [4.78, 5) is 32.2. The van der Waals surface area contributed by atoms with E-state index in [0.29, 0.717) is 29.3 Å². The Balaban J connectivity index is 1.44. The Kier molecular flexibility index (Phi) is 4.98. The second kappa shape index (κ2) is 7.84. The highest BCUT2D eigenvalue weighted by Crippen LogP contribution is 2.28. The summed E-state index contributed by atoms with van der Waals surface area (Å²) in [6.45, 7) is 0.950. The number of ether oxygens (including phenoxy) is 1. The van der Waals surface area contributed by atoms with Gasteiger partial charge in [-0.3, -0.25) is 13.9 Å². The van der Waals surface area contributed by atoms with Crippen molar-refractivity contribution < 1.29 is 9.53 Å². The zero-order chi connectivity index (χ0) is 22.4. The van der Waals surface area contributed by atoms with E-state index in [0.717, 1.165) is 28.0 Å². The van der Waals surface area contributed by atoms with Gasteiger partial charge in [0.05, 0.1) is 12.6 Å². The van der Waals surface area contributed by atoms with Crippen molar-refractivity contribution in [1.82, 2.24) is 19.0 Å². The van der Waals surface area contributed by atoms with Crippen molar-refractivity contribution in [3.8, 4) is 16.9 Å². The lowest BCUT2D eigenvalue weighted by molar-refractivity contribution is -0.132. The van der Waals surface area contributed by atoms with Crippen LogP contribution in [-0.4, -0.2) is 32.0 Å². The molecule has 0 saturated carbocycles. The Bertz CT molecular complexity index is 1420. The molecule has 0 aliphatic carbocycles. The Morgan fingerprint density at radius 1 is 1.09 bits per heavy atom. The van der Waals surface area contributed by atoms with Gasteiger partial charge in [-0.2, -0.15) is 0 Å². The monoisotopic (exact) mass is 448 g/mol. The second-order valence-corrected chi connectivity index (χ2v) is 8.33. The van der Waals surface area contributed by atoms with E-state index in [4.69, 9.17) is 16.3 Å². The Hall–Kier alpha value is -3.58. The van der Waals surface area contributed by atoms with Gasteiger partial charge in [-0.15, -0.1) is 0 Å². The Morgan fingerprint density at radius 3 is 2.69 bits per heavy atom. The molecule has 4 aromatic rings. The first-order chi connectivity index (χ1) is 15.4. The van der Waals surface area contributed by atoms with Gasteiger partial charge in [0.1, 0.15) is 12.3 Å². The number of nitrogens with zero attached hydrogens (tertiary/aromatic N) is 4.